The van der Waals surface area contributed by atoms with E-state index in [1.165, 1.54) is 0 Å². The van der Waals surface area contributed by atoms with Gasteiger partial charge in [-0.15, -0.1) is 0 Å². The molecule has 0 saturated carbocycles. The molecular formula is C19H20N2O2S. The van der Waals surface area contributed by atoms with E-state index >= 15 is 0 Å². The van der Waals surface area contributed by atoms with Crippen molar-refractivity contribution in [3.8, 4) is 11.4 Å². The summed E-state index contributed by atoms with van der Waals surface area (Å²) in [5, 5.41) is 4.51. The highest BCUT2D eigenvalue weighted by Gasteiger charge is 2.10. The topological polar surface area (TPSA) is 44.1 Å². The van der Waals surface area contributed by atoms with Gasteiger partial charge < -0.3 is 4.74 Å². The Labute approximate surface area is 144 Å². The van der Waals surface area contributed by atoms with Crippen LogP contribution in [-0.4, -0.2) is 21.1 Å². The third kappa shape index (κ3) is 3.92. The van der Waals surface area contributed by atoms with E-state index < -0.39 is 10.8 Å². The molecule has 0 amide bonds. The van der Waals surface area contributed by atoms with Gasteiger partial charge in [0.25, 0.3) is 0 Å². The summed E-state index contributed by atoms with van der Waals surface area (Å²) < 4.78 is 19.7. The van der Waals surface area contributed by atoms with Gasteiger partial charge in [0.05, 0.1) is 30.0 Å². The van der Waals surface area contributed by atoms with Crippen LogP contribution in [0, 0.1) is 6.92 Å². The van der Waals surface area contributed by atoms with Crippen LogP contribution in [0.4, 0.5) is 0 Å². The van der Waals surface area contributed by atoms with Gasteiger partial charge in [0.2, 0.25) is 0 Å². The number of aromatic nitrogens is 2. The smallest absolute Gasteiger partial charge is 0.123 e. The fourth-order valence-corrected chi connectivity index (χ4v) is 3.73. The standard InChI is InChI=1S/C19H20N2O2S/c1-15-8-9-19(23-2)16(12-15)13-24(22)14-17-10-11-21(20-17)18-6-4-3-5-7-18/h3-12H,13-14H2,1-2H3/t24-/m0/s1. The van der Waals surface area contributed by atoms with Crippen LogP contribution in [0.3, 0.4) is 0 Å². The summed E-state index contributed by atoms with van der Waals surface area (Å²) in [5.41, 5.74) is 3.92. The zero-order chi connectivity index (χ0) is 16.9. The molecule has 0 fully saturated rings. The van der Waals surface area contributed by atoms with Gasteiger partial charge in [0.15, 0.2) is 0 Å². The lowest BCUT2D eigenvalue weighted by Gasteiger charge is -2.09. The fraction of sp³-hybridized carbons (Fsp3) is 0.211. The maximum atomic E-state index is 12.5. The summed E-state index contributed by atoms with van der Waals surface area (Å²) in [6, 6.07) is 17.8. The van der Waals surface area contributed by atoms with Crippen LogP contribution in [0.1, 0.15) is 16.8 Å². The molecule has 3 rings (SSSR count). The largest absolute Gasteiger partial charge is 0.496 e. The van der Waals surface area contributed by atoms with Gasteiger partial charge in [-0.1, -0.05) is 35.9 Å². The maximum Gasteiger partial charge on any atom is 0.123 e. The molecule has 0 aliphatic heterocycles. The molecule has 0 radical (unpaired) electrons. The minimum absolute atomic E-state index is 0.428. The normalized spacial score (nSPS) is 12.1. The molecule has 5 heteroatoms. The van der Waals surface area contributed by atoms with Crippen LogP contribution < -0.4 is 4.74 Å². The summed E-state index contributed by atoms with van der Waals surface area (Å²) in [7, 11) is 0.596. The first-order valence-electron chi connectivity index (χ1n) is 7.74. The number of aryl methyl sites for hydroxylation is 1. The second-order valence-corrected chi connectivity index (χ2v) is 7.09. The van der Waals surface area contributed by atoms with Crippen LogP contribution in [0.2, 0.25) is 0 Å². The number of methoxy groups -OCH3 is 1. The highest BCUT2D eigenvalue weighted by atomic mass is 32.2. The van der Waals surface area contributed by atoms with Crippen LogP contribution in [-0.2, 0) is 22.3 Å². The predicted molar refractivity (Wildman–Crippen MR) is 96.8 cm³/mol. The molecule has 3 aromatic rings. The molecule has 0 spiro atoms. The summed E-state index contributed by atoms with van der Waals surface area (Å²) in [4.78, 5) is 0. The Morgan fingerprint density at radius 1 is 1.08 bits per heavy atom. The van der Waals surface area contributed by atoms with Gasteiger partial charge >= 0.3 is 0 Å². The van der Waals surface area contributed by atoms with Crippen LogP contribution >= 0.6 is 0 Å². The molecule has 0 bridgehead atoms. The first-order valence-corrected chi connectivity index (χ1v) is 9.23. The Morgan fingerprint density at radius 2 is 1.88 bits per heavy atom. The molecule has 24 heavy (non-hydrogen) atoms. The van der Waals surface area contributed by atoms with Crippen LogP contribution in [0.5, 0.6) is 5.75 Å². The van der Waals surface area contributed by atoms with Crippen molar-refractivity contribution in [3.05, 3.63) is 77.6 Å². The van der Waals surface area contributed by atoms with Crippen molar-refractivity contribution in [3.63, 3.8) is 0 Å². The SMILES string of the molecule is COc1ccc(C)cc1C[S@](=O)Cc1ccn(-c2ccccc2)n1. The lowest BCUT2D eigenvalue weighted by atomic mass is 10.1. The number of rotatable bonds is 6. The minimum atomic E-state index is -1.04. The van der Waals surface area contributed by atoms with E-state index in [-0.39, 0.29) is 0 Å². The minimum Gasteiger partial charge on any atom is -0.496 e. The second kappa shape index (κ2) is 7.45. The van der Waals surface area contributed by atoms with Crippen molar-refractivity contribution in [2.24, 2.45) is 0 Å². The molecule has 0 unspecified atom stereocenters. The van der Waals surface area contributed by atoms with Crippen molar-refractivity contribution < 1.29 is 8.95 Å². The summed E-state index contributed by atoms with van der Waals surface area (Å²) in [6.45, 7) is 2.02. The van der Waals surface area contributed by atoms with Gasteiger partial charge in [-0.2, -0.15) is 5.10 Å². The average Bonchev–Trinajstić information content (AvgIpc) is 3.04. The molecule has 1 heterocycles. The van der Waals surface area contributed by atoms with E-state index in [2.05, 4.69) is 5.10 Å². The zero-order valence-electron chi connectivity index (χ0n) is 13.8. The first kappa shape index (κ1) is 16.5. The molecule has 4 nitrogen and oxygen atoms in total. The molecule has 0 N–H and O–H groups in total. The average molecular weight is 340 g/mol. The van der Waals surface area contributed by atoms with Gasteiger partial charge in [-0.05, 0) is 31.2 Å². The Balaban J connectivity index is 1.70. The lowest BCUT2D eigenvalue weighted by Crippen LogP contribution is -2.03. The van der Waals surface area contributed by atoms with E-state index in [0.29, 0.717) is 11.5 Å². The molecule has 1 aromatic heterocycles. The van der Waals surface area contributed by atoms with E-state index in [0.717, 1.165) is 28.3 Å². The predicted octanol–water partition coefficient (Wildman–Crippen LogP) is 3.64. The summed E-state index contributed by atoms with van der Waals surface area (Å²) >= 11 is 0. The maximum absolute atomic E-state index is 12.5. The van der Waals surface area contributed by atoms with E-state index in [4.69, 9.17) is 4.74 Å². The number of benzene rings is 2. The number of hydrogen-bond acceptors (Lipinski definition) is 3. The van der Waals surface area contributed by atoms with Crippen molar-refractivity contribution in [1.29, 1.82) is 0 Å². The van der Waals surface area contributed by atoms with Gasteiger partial charge in [0.1, 0.15) is 5.75 Å². The fourth-order valence-electron chi connectivity index (χ4n) is 2.57. The van der Waals surface area contributed by atoms with Gasteiger partial charge in [-0.25, -0.2) is 4.68 Å². The molecule has 2 aromatic carbocycles. The zero-order valence-corrected chi connectivity index (χ0v) is 14.6. The Kier molecular flexibility index (Phi) is 5.11. The van der Waals surface area contributed by atoms with E-state index in [1.54, 1.807) is 11.8 Å². The van der Waals surface area contributed by atoms with E-state index in [1.807, 2.05) is 67.7 Å². The van der Waals surface area contributed by atoms with Crippen LogP contribution in [0.25, 0.3) is 5.69 Å². The third-order valence-electron chi connectivity index (χ3n) is 3.73. The summed E-state index contributed by atoms with van der Waals surface area (Å²) in [5.74, 6) is 1.67. The quantitative estimate of drug-likeness (QED) is 0.688. The highest BCUT2D eigenvalue weighted by molar-refractivity contribution is 7.83. The van der Waals surface area contributed by atoms with E-state index in [9.17, 15) is 4.21 Å². The molecule has 1 atom stereocenters. The lowest BCUT2D eigenvalue weighted by molar-refractivity contribution is 0.411. The molecule has 124 valence electrons. The van der Waals surface area contributed by atoms with Crippen molar-refractivity contribution in [2.45, 2.75) is 18.4 Å². The number of ether oxygens (including phenoxy) is 1. The molecule has 0 aliphatic carbocycles. The van der Waals surface area contributed by atoms with Crippen molar-refractivity contribution >= 4 is 10.8 Å². The Bertz CT molecular complexity index is 844. The van der Waals surface area contributed by atoms with Gasteiger partial charge in [0, 0.05) is 22.6 Å². The molecular weight excluding hydrogens is 320 g/mol. The number of nitrogens with zero attached hydrogens (tertiary/aromatic N) is 2. The van der Waals surface area contributed by atoms with Crippen molar-refractivity contribution in [2.75, 3.05) is 7.11 Å². The highest BCUT2D eigenvalue weighted by Crippen LogP contribution is 2.22. The monoisotopic (exact) mass is 340 g/mol. The molecule has 0 aliphatic rings. The van der Waals surface area contributed by atoms with Crippen LogP contribution in [0.15, 0.2) is 60.8 Å². The Hall–Kier alpha value is -2.40. The first-order chi connectivity index (χ1) is 11.7. The van der Waals surface area contributed by atoms with Gasteiger partial charge in [-0.3, -0.25) is 4.21 Å². The van der Waals surface area contributed by atoms with Crippen molar-refractivity contribution in [1.82, 2.24) is 9.78 Å². The number of hydrogen-bond donors (Lipinski definition) is 0. The number of para-hydroxylation sites is 1. The molecule has 0 saturated heterocycles. The second-order valence-electron chi connectivity index (χ2n) is 5.63. The third-order valence-corrected chi connectivity index (χ3v) is 4.98. The Morgan fingerprint density at radius 3 is 2.62 bits per heavy atom. The summed E-state index contributed by atoms with van der Waals surface area (Å²) in [6.07, 6.45) is 1.90.